The van der Waals surface area contributed by atoms with E-state index in [4.69, 9.17) is 0 Å². The summed E-state index contributed by atoms with van der Waals surface area (Å²) in [7, 11) is 0. The second-order valence-electron chi connectivity index (χ2n) is 7.27. The van der Waals surface area contributed by atoms with E-state index in [1.807, 2.05) is 26.0 Å². The fourth-order valence-corrected chi connectivity index (χ4v) is 3.53. The molecule has 0 bridgehead atoms. The molecule has 1 radical (unpaired) electrons. The van der Waals surface area contributed by atoms with Gasteiger partial charge in [0.2, 0.25) is 5.66 Å². The molecular weight excluding hydrogens is 288 g/mol. The molecule has 0 fully saturated rings. The van der Waals surface area contributed by atoms with Gasteiger partial charge in [0, 0.05) is 20.3 Å². The number of aryl methyl sites for hydroxylation is 1. The molecule has 0 spiro atoms. The van der Waals surface area contributed by atoms with Gasteiger partial charge in [0.15, 0.2) is 5.71 Å². The van der Waals surface area contributed by atoms with Gasteiger partial charge in [-0.3, -0.25) is 0 Å². The highest BCUT2D eigenvalue weighted by atomic mass is 16.6. The number of nitrogens with zero attached hydrogens (tertiary/aromatic N) is 2. The van der Waals surface area contributed by atoms with E-state index in [1.165, 1.54) is 16.3 Å². The number of hydrogen-bond donors (Lipinski definition) is 0. The van der Waals surface area contributed by atoms with Crippen LogP contribution in [-0.4, -0.2) is 26.7 Å². The van der Waals surface area contributed by atoms with Crippen LogP contribution >= 0.6 is 0 Å². The maximum atomic E-state index is 12.5. The normalized spacial score (nSPS) is 20.4. The second-order valence-corrected chi connectivity index (χ2v) is 7.27. The van der Waals surface area contributed by atoms with Crippen molar-refractivity contribution in [1.29, 1.82) is 0 Å². The van der Waals surface area contributed by atoms with Gasteiger partial charge in [0.25, 0.3) is 0 Å². The Morgan fingerprint density at radius 1 is 1.00 bits per heavy atom. The van der Waals surface area contributed by atoms with Gasteiger partial charge in [-0.2, -0.15) is 4.74 Å². The third-order valence-electron chi connectivity index (χ3n) is 4.92. The maximum absolute atomic E-state index is 12.5. The Labute approximate surface area is 137 Å². The van der Waals surface area contributed by atoms with Crippen molar-refractivity contribution in [2.75, 3.05) is 0 Å². The zero-order valence-electron chi connectivity index (χ0n) is 14.2. The van der Waals surface area contributed by atoms with Crippen molar-refractivity contribution < 1.29 is 9.95 Å². The number of hydroxylamine groups is 3. The van der Waals surface area contributed by atoms with Crippen molar-refractivity contribution in [2.45, 2.75) is 51.7 Å². The molecule has 0 aliphatic carbocycles. The van der Waals surface area contributed by atoms with Crippen LogP contribution in [0.2, 0.25) is 0 Å². The lowest BCUT2D eigenvalue weighted by Crippen LogP contribution is -2.50. The van der Waals surface area contributed by atoms with Crippen LogP contribution in [0.1, 0.15) is 39.7 Å². The summed E-state index contributed by atoms with van der Waals surface area (Å²) in [5, 5.41) is 28.3. The fraction of sp³-hybridized carbons (Fsp3) is 0.421. The molecule has 0 saturated carbocycles. The van der Waals surface area contributed by atoms with Gasteiger partial charge in [0.1, 0.15) is 5.54 Å². The van der Waals surface area contributed by atoms with Crippen LogP contribution in [0.3, 0.4) is 0 Å². The van der Waals surface area contributed by atoms with Gasteiger partial charge < -0.3 is 5.21 Å². The Hall–Kier alpha value is -1.91. The van der Waals surface area contributed by atoms with Crippen LogP contribution < -0.4 is 0 Å². The van der Waals surface area contributed by atoms with Crippen LogP contribution in [0, 0.1) is 5.21 Å². The smallest absolute Gasteiger partial charge is 0.248 e. The topological polar surface area (TPSA) is 49.2 Å². The van der Waals surface area contributed by atoms with E-state index < -0.39 is 11.2 Å². The molecule has 4 heteroatoms. The lowest BCUT2D eigenvalue weighted by Gasteiger charge is -2.27. The Morgan fingerprint density at radius 2 is 1.65 bits per heavy atom. The largest absolute Gasteiger partial charge is 0.622 e. The molecule has 0 aromatic heterocycles. The summed E-state index contributed by atoms with van der Waals surface area (Å²) in [5.74, 6) is 0. The van der Waals surface area contributed by atoms with Crippen LogP contribution in [0.15, 0.2) is 42.5 Å². The monoisotopic (exact) mass is 311 g/mol. The molecule has 121 valence electrons. The first-order valence-corrected chi connectivity index (χ1v) is 8.03. The van der Waals surface area contributed by atoms with Crippen LogP contribution in [0.4, 0.5) is 0 Å². The first-order valence-electron chi connectivity index (χ1n) is 8.03. The lowest BCUT2D eigenvalue weighted by atomic mass is 9.93. The molecule has 1 heterocycles. The molecule has 0 N–H and O–H groups in total. The highest BCUT2D eigenvalue weighted by molar-refractivity contribution is 5.90. The molecule has 0 amide bonds. The van der Waals surface area contributed by atoms with Gasteiger partial charge in [0.05, 0.1) is 0 Å². The predicted octanol–water partition coefficient (Wildman–Crippen LogP) is 3.90. The molecule has 0 unspecified atom stereocenters. The van der Waals surface area contributed by atoms with Gasteiger partial charge in [-0.05, 0) is 36.6 Å². The minimum absolute atomic E-state index is 0.594. The first-order chi connectivity index (χ1) is 10.7. The molecule has 23 heavy (non-hydrogen) atoms. The Bertz CT molecular complexity index is 778. The zero-order valence-corrected chi connectivity index (χ0v) is 14.2. The van der Waals surface area contributed by atoms with Gasteiger partial charge in [-0.15, -0.1) is 5.21 Å². The molecule has 2 aromatic carbocycles. The SMILES string of the molecule is CC1(C)C(CCc2ccc3ccccc3c2)=[N+]([O-])C(C)(C)N1[O]. The maximum Gasteiger partial charge on any atom is 0.248 e. The first kappa shape index (κ1) is 16.0. The summed E-state index contributed by atoms with van der Waals surface area (Å²) < 4.78 is 0.904. The minimum Gasteiger partial charge on any atom is -0.622 e. The molecule has 1 aliphatic rings. The van der Waals surface area contributed by atoms with Crippen molar-refractivity contribution in [3.8, 4) is 0 Å². The fourth-order valence-electron chi connectivity index (χ4n) is 3.53. The van der Waals surface area contributed by atoms with Crippen LogP contribution in [0.5, 0.6) is 0 Å². The Balaban J connectivity index is 1.85. The highest BCUT2D eigenvalue weighted by Crippen LogP contribution is 2.34. The van der Waals surface area contributed by atoms with E-state index in [1.54, 1.807) is 13.8 Å². The number of hydrogen-bond acceptors (Lipinski definition) is 2. The van der Waals surface area contributed by atoms with Crippen molar-refractivity contribution in [3.63, 3.8) is 0 Å². The summed E-state index contributed by atoms with van der Waals surface area (Å²) >= 11 is 0. The average Bonchev–Trinajstić information content (AvgIpc) is 2.63. The third kappa shape index (κ3) is 2.52. The predicted molar refractivity (Wildman–Crippen MR) is 91.6 cm³/mol. The second kappa shape index (κ2) is 5.32. The molecule has 1 aliphatic heterocycles. The van der Waals surface area contributed by atoms with Crippen molar-refractivity contribution in [1.82, 2.24) is 5.06 Å². The van der Waals surface area contributed by atoms with Crippen molar-refractivity contribution in [3.05, 3.63) is 53.2 Å². The van der Waals surface area contributed by atoms with Crippen LogP contribution in [0.25, 0.3) is 10.8 Å². The van der Waals surface area contributed by atoms with Gasteiger partial charge in [-0.25, -0.2) is 0 Å². The van der Waals surface area contributed by atoms with E-state index in [0.29, 0.717) is 12.1 Å². The van der Waals surface area contributed by atoms with E-state index in [2.05, 4.69) is 30.3 Å². The summed E-state index contributed by atoms with van der Waals surface area (Å²) in [6.45, 7) is 7.01. The summed E-state index contributed by atoms with van der Waals surface area (Å²) in [6, 6.07) is 14.6. The number of rotatable bonds is 3. The average molecular weight is 311 g/mol. The lowest BCUT2D eigenvalue weighted by molar-refractivity contribution is -0.587. The molecule has 0 atom stereocenters. The van der Waals surface area contributed by atoms with Crippen molar-refractivity contribution in [2.24, 2.45) is 0 Å². The quantitative estimate of drug-likeness (QED) is 0.637. The van der Waals surface area contributed by atoms with E-state index in [9.17, 15) is 10.4 Å². The Morgan fingerprint density at radius 3 is 2.26 bits per heavy atom. The summed E-state index contributed by atoms with van der Waals surface area (Å²) in [4.78, 5) is 0. The Kier molecular flexibility index (Phi) is 3.69. The molecule has 3 rings (SSSR count). The molecule has 4 nitrogen and oxygen atoms in total. The molecule has 0 saturated heterocycles. The summed E-state index contributed by atoms with van der Waals surface area (Å²) in [6.07, 6.45) is 1.35. The van der Waals surface area contributed by atoms with Crippen LogP contribution in [-0.2, 0) is 11.6 Å². The van der Waals surface area contributed by atoms with Gasteiger partial charge >= 0.3 is 0 Å². The third-order valence-corrected chi connectivity index (χ3v) is 4.92. The summed E-state index contributed by atoms with van der Waals surface area (Å²) in [5.41, 5.74) is 0.0397. The van der Waals surface area contributed by atoms with Crippen molar-refractivity contribution >= 4 is 16.5 Å². The van der Waals surface area contributed by atoms with E-state index in [-0.39, 0.29) is 0 Å². The zero-order chi connectivity index (χ0) is 16.8. The highest BCUT2D eigenvalue weighted by Gasteiger charge is 2.57. The number of fused-ring (bicyclic) bond motifs is 1. The molecular formula is C19H23N2O2. The van der Waals surface area contributed by atoms with Gasteiger partial charge in [-0.1, -0.05) is 47.5 Å². The minimum atomic E-state index is -1.04. The van der Waals surface area contributed by atoms with E-state index in [0.717, 1.165) is 16.2 Å². The standard InChI is InChI=1S/C19H23N2O2/c1-18(2)17(20(22)19(3,4)21(18)23)12-10-14-9-11-15-7-5-6-8-16(15)13-14/h5-9,11,13H,10,12H2,1-4H3. The number of benzene rings is 2. The molecule has 2 aromatic rings. The van der Waals surface area contributed by atoms with E-state index >= 15 is 0 Å².